The van der Waals surface area contributed by atoms with Gasteiger partial charge in [-0.25, -0.2) is 21.2 Å². The molecule has 0 unspecified atom stereocenters. The molecule has 1 saturated carbocycles. The summed E-state index contributed by atoms with van der Waals surface area (Å²) in [5.74, 6) is 0. The molecule has 0 saturated heterocycles. The smallest absolute Gasteiger partial charge is 0.309 e. The van der Waals surface area contributed by atoms with Crippen LogP contribution in [0.15, 0.2) is 70.5 Å². The van der Waals surface area contributed by atoms with E-state index < -0.39 is 30.6 Å². The lowest BCUT2D eigenvalue weighted by molar-refractivity contribution is 0.327. The van der Waals surface area contributed by atoms with Gasteiger partial charge in [-0.05, 0) is 37.1 Å². The van der Waals surface area contributed by atoms with E-state index >= 15 is 4.39 Å². The van der Waals surface area contributed by atoms with Crippen molar-refractivity contribution in [1.82, 2.24) is 5.32 Å². The lowest BCUT2D eigenvalue weighted by atomic mass is 10.2. The summed E-state index contributed by atoms with van der Waals surface area (Å²) in [6.45, 7) is -0.813. The molecule has 0 aliphatic heterocycles. The van der Waals surface area contributed by atoms with E-state index in [-0.39, 0.29) is 15.8 Å². The molecular formula is C19H22FNO4S2. The molecule has 27 heavy (non-hydrogen) atoms. The highest BCUT2D eigenvalue weighted by Gasteiger charge is 2.57. The zero-order valence-electron chi connectivity index (χ0n) is 14.7. The maximum atomic E-state index is 16.1. The highest BCUT2D eigenvalue weighted by Crippen LogP contribution is 2.37. The SMILES string of the molecule is O=S(=O)(c1ccccc1)C(F)(CNC1CCCC1)S(=O)(=O)c1ccccc1. The van der Waals surface area contributed by atoms with Gasteiger partial charge in [0.1, 0.15) is 0 Å². The van der Waals surface area contributed by atoms with Crippen LogP contribution in [0.1, 0.15) is 25.7 Å². The number of hydrogen-bond donors (Lipinski definition) is 1. The van der Waals surface area contributed by atoms with Crippen molar-refractivity contribution in [3.63, 3.8) is 0 Å². The Balaban J connectivity index is 2.08. The Kier molecular flexibility index (Phi) is 5.69. The first kappa shape index (κ1) is 20.0. The summed E-state index contributed by atoms with van der Waals surface area (Å²) in [6.07, 6.45) is 3.45. The summed E-state index contributed by atoms with van der Waals surface area (Å²) >= 11 is 0. The number of halogens is 1. The second-order valence-corrected chi connectivity index (χ2v) is 11.2. The van der Waals surface area contributed by atoms with Crippen molar-refractivity contribution >= 4 is 19.7 Å². The average molecular weight is 412 g/mol. The molecule has 0 atom stereocenters. The molecule has 1 N–H and O–H groups in total. The minimum absolute atomic E-state index is 0.0860. The van der Waals surface area contributed by atoms with E-state index in [0.29, 0.717) is 0 Å². The van der Waals surface area contributed by atoms with E-state index in [2.05, 4.69) is 5.32 Å². The fourth-order valence-electron chi connectivity index (χ4n) is 3.28. The minimum atomic E-state index is -4.82. The zero-order chi connectivity index (χ0) is 19.5. The molecule has 3 rings (SSSR count). The third-order valence-corrected chi connectivity index (χ3v) is 9.86. The maximum absolute atomic E-state index is 16.1. The molecule has 0 aromatic heterocycles. The van der Waals surface area contributed by atoms with Crippen molar-refractivity contribution in [2.24, 2.45) is 0 Å². The molecule has 2 aromatic carbocycles. The first-order chi connectivity index (χ1) is 12.8. The van der Waals surface area contributed by atoms with Gasteiger partial charge in [0, 0.05) is 6.04 Å². The van der Waals surface area contributed by atoms with Gasteiger partial charge in [-0.15, -0.1) is 0 Å². The fraction of sp³-hybridized carbons (Fsp3) is 0.368. The lowest BCUT2D eigenvalue weighted by Crippen LogP contribution is -2.51. The summed E-state index contributed by atoms with van der Waals surface area (Å²) in [5.41, 5.74) is 0. The van der Waals surface area contributed by atoms with Gasteiger partial charge < -0.3 is 5.32 Å². The number of sulfone groups is 2. The largest absolute Gasteiger partial charge is 0.329 e. The number of hydrogen-bond acceptors (Lipinski definition) is 5. The van der Waals surface area contributed by atoms with E-state index in [9.17, 15) is 16.8 Å². The van der Waals surface area contributed by atoms with Crippen LogP contribution >= 0.6 is 0 Å². The third-order valence-electron chi connectivity index (χ3n) is 4.87. The Hall–Kier alpha value is -1.77. The highest BCUT2D eigenvalue weighted by molar-refractivity contribution is 8.10. The second-order valence-electron chi connectivity index (χ2n) is 6.66. The van der Waals surface area contributed by atoms with Crippen LogP contribution in [0.3, 0.4) is 0 Å². The van der Waals surface area contributed by atoms with Crippen LogP contribution in [0.2, 0.25) is 0 Å². The van der Waals surface area contributed by atoms with Crippen molar-refractivity contribution in [2.75, 3.05) is 6.54 Å². The molecule has 5 nitrogen and oxygen atoms in total. The van der Waals surface area contributed by atoms with Crippen molar-refractivity contribution in [1.29, 1.82) is 0 Å². The average Bonchev–Trinajstić information content (AvgIpc) is 3.21. The van der Waals surface area contributed by atoms with Gasteiger partial charge in [0.05, 0.1) is 16.3 Å². The molecule has 146 valence electrons. The number of nitrogens with one attached hydrogen (secondary N) is 1. The van der Waals surface area contributed by atoms with Gasteiger partial charge in [0.15, 0.2) is 0 Å². The molecule has 0 bridgehead atoms. The first-order valence-corrected chi connectivity index (χ1v) is 11.8. The molecule has 2 aromatic rings. The van der Waals surface area contributed by atoms with Crippen molar-refractivity contribution in [2.45, 2.75) is 45.8 Å². The normalized spacial score (nSPS) is 16.5. The molecule has 0 spiro atoms. The molecule has 8 heteroatoms. The van der Waals surface area contributed by atoms with Crippen LogP contribution in [0.4, 0.5) is 4.39 Å². The fourth-order valence-corrected chi connectivity index (χ4v) is 7.30. The van der Waals surface area contributed by atoms with E-state index in [0.717, 1.165) is 25.7 Å². The van der Waals surface area contributed by atoms with Gasteiger partial charge in [-0.1, -0.05) is 49.2 Å². The molecule has 0 amide bonds. The number of benzene rings is 2. The van der Waals surface area contributed by atoms with Crippen molar-refractivity contribution < 1.29 is 21.2 Å². The van der Waals surface area contributed by atoms with Gasteiger partial charge >= 0.3 is 4.33 Å². The van der Waals surface area contributed by atoms with Gasteiger partial charge in [0.25, 0.3) is 0 Å². The minimum Gasteiger partial charge on any atom is -0.309 e. The topological polar surface area (TPSA) is 80.3 Å². The quantitative estimate of drug-likeness (QED) is 0.757. The van der Waals surface area contributed by atoms with Crippen LogP contribution in [0.25, 0.3) is 0 Å². The zero-order valence-corrected chi connectivity index (χ0v) is 16.3. The van der Waals surface area contributed by atoms with Crippen molar-refractivity contribution in [3.05, 3.63) is 60.7 Å². The van der Waals surface area contributed by atoms with Crippen LogP contribution in [-0.2, 0) is 19.7 Å². The van der Waals surface area contributed by atoms with Crippen LogP contribution < -0.4 is 5.32 Å². The predicted molar refractivity (Wildman–Crippen MR) is 101 cm³/mol. The van der Waals surface area contributed by atoms with Crippen LogP contribution in [0, 0.1) is 0 Å². The van der Waals surface area contributed by atoms with Gasteiger partial charge in [-0.3, -0.25) is 0 Å². The van der Waals surface area contributed by atoms with Gasteiger partial charge in [0.2, 0.25) is 19.7 Å². The van der Waals surface area contributed by atoms with Crippen LogP contribution in [0.5, 0.6) is 0 Å². The van der Waals surface area contributed by atoms with E-state index in [1.54, 1.807) is 12.1 Å². The lowest BCUT2D eigenvalue weighted by Gasteiger charge is -2.27. The van der Waals surface area contributed by atoms with Crippen molar-refractivity contribution in [3.8, 4) is 0 Å². The molecule has 1 aliphatic carbocycles. The van der Waals surface area contributed by atoms with Crippen LogP contribution in [-0.4, -0.2) is 33.8 Å². The Morgan fingerprint density at radius 2 is 1.22 bits per heavy atom. The van der Waals surface area contributed by atoms with E-state index in [4.69, 9.17) is 0 Å². The maximum Gasteiger partial charge on any atom is 0.329 e. The Bertz CT molecular complexity index is 901. The monoisotopic (exact) mass is 411 g/mol. The molecule has 0 heterocycles. The molecule has 1 fully saturated rings. The number of alkyl halides is 1. The predicted octanol–water partition coefficient (Wildman–Crippen LogP) is 3.09. The van der Waals surface area contributed by atoms with E-state index in [1.165, 1.54) is 48.5 Å². The van der Waals surface area contributed by atoms with E-state index in [1.807, 2.05) is 0 Å². The Labute approximate surface area is 159 Å². The number of rotatable bonds is 7. The highest BCUT2D eigenvalue weighted by atomic mass is 32.3. The summed E-state index contributed by atoms with van der Waals surface area (Å²) in [7, 11) is -9.63. The Morgan fingerprint density at radius 1 is 0.815 bits per heavy atom. The molecular weight excluding hydrogens is 389 g/mol. The summed E-state index contributed by atoms with van der Waals surface area (Å²) in [6, 6.07) is 13.7. The Morgan fingerprint density at radius 3 is 1.63 bits per heavy atom. The molecule has 1 aliphatic rings. The second kappa shape index (κ2) is 7.69. The standard InChI is InChI=1S/C19H22FNO4S2/c20-19(15-21-16-9-7-8-10-16,26(22,23)17-11-3-1-4-12-17)27(24,25)18-13-5-2-6-14-18/h1-6,11-14,16,21H,7-10,15H2. The first-order valence-electron chi connectivity index (χ1n) is 8.81. The summed E-state index contributed by atoms with van der Waals surface area (Å²) < 4.78 is 65.0. The third kappa shape index (κ3) is 3.66. The summed E-state index contributed by atoms with van der Waals surface area (Å²) in [4.78, 5) is -0.722. The summed E-state index contributed by atoms with van der Waals surface area (Å²) in [5, 5.41) is 2.84. The molecule has 0 radical (unpaired) electrons. The van der Waals surface area contributed by atoms with Gasteiger partial charge in [-0.2, -0.15) is 0 Å².